The molecule has 1 N–H and O–H groups in total. The van der Waals surface area contributed by atoms with Crippen LogP contribution < -0.4 is 4.90 Å². The fourth-order valence-electron chi connectivity index (χ4n) is 3.24. The van der Waals surface area contributed by atoms with E-state index in [-0.39, 0.29) is 17.7 Å². The van der Waals surface area contributed by atoms with Crippen LogP contribution in [-0.4, -0.2) is 46.8 Å². The first-order chi connectivity index (χ1) is 12.3. The summed E-state index contributed by atoms with van der Waals surface area (Å²) in [5.41, 5.74) is 1.38. The first kappa shape index (κ1) is 20.1. The van der Waals surface area contributed by atoms with Crippen molar-refractivity contribution in [2.24, 2.45) is 0 Å². The minimum absolute atomic E-state index is 0.0139. The Bertz CT molecular complexity index is 904. The maximum Gasteiger partial charge on any atom is 0.412 e. The Labute approximate surface area is 165 Å². The van der Waals surface area contributed by atoms with Gasteiger partial charge in [0.2, 0.25) is 0 Å². The molecule has 2 aromatic heterocycles. The van der Waals surface area contributed by atoms with Gasteiger partial charge in [0.1, 0.15) is 0 Å². The summed E-state index contributed by atoms with van der Waals surface area (Å²) >= 11 is 6.09. The Morgan fingerprint density at radius 3 is 2.59 bits per heavy atom. The van der Waals surface area contributed by atoms with Gasteiger partial charge in [0.05, 0.1) is 30.2 Å². The number of amides is 1. The molecule has 0 radical (unpaired) electrons. The van der Waals surface area contributed by atoms with Crippen molar-refractivity contribution in [1.29, 1.82) is 0 Å². The van der Waals surface area contributed by atoms with Crippen molar-refractivity contribution < 1.29 is 14.3 Å². The van der Waals surface area contributed by atoms with Crippen LogP contribution in [0.2, 0.25) is 23.3 Å². The first-order valence-electron chi connectivity index (χ1n) is 8.99. The highest BCUT2D eigenvalue weighted by Crippen LogP contribution is 2.45. The summed E-state index contributed by atoms with van der Waals surface area (Å²) < 4.78 is 8.34. The minimum Gasteiger partial charge on any atom is -0.465 e. The molecule has 3 heterocycles. The number of halogens is 1. The van der Waals surface area contributed by atoms with Gasteiger partial charge < -0.3 is 9.53 Å². The molecule has 0 saturated carbocycles. The molecule has 148 valence electrons. The number of hydrogen-bond acceptors (Lipinski definition) is 4. The Morgan fingerprint density at radius 2 is 2.04 bits per heavy atom. The summed E-state index contributed by atoms with van der Waals surface area (Å²) in [4.78, 5) is 17.6. The summed E-state index contributed by atoms with van der Waals surface area (Å²) in [7, 11) is -2.12. The zero-order valence-electron chi connectivity index (χ0n) is 16.9. The number of carboxylic acid groups (broad SMARTS) is 1. The van der Waals surface area contributed by atoms with Gasteiger partial charge in [-0.15, -0.1) is 0 Å². The molecule has 0 spiro atoms. The molecule has 0 aromatic carbocycles. The van der Waals surface area contributed by atoms with Gasteiger partial charge in [0, 0.05) is 11.5 Å². The third kappa shape index (κ3) is 3.23. The molecule has 1 unspecified atom stereocenters. The van der Waals surface area contributed by atoms with Crippen LogP contribution in [0.4, 0.5) is 10.5 Å². The van der Waals surface area contributed by atoms with Crippen LogP contribution in [0.5, 0.6) is 0 Å². The Kier molecular flexibility index (Phi) is 4.60. The predicted octanol–water partition coefficient (Wildman–Crippen LogP) is 4.55. The molecule has 1 aliphatic rings. The lowest BCUT2D eigenvalue weighted by atomic mass is 9.79. The summed E-state index contributed by atoms with van der Waals surface area (Å²) in [6, 6.07) is 1.67. The van der Waals surface area contributed by atoms with Gasteiger partial charge in [-0.3, -0.25) is 4.90 Å². The quantitative estimate of drug-likeness (QED) is 0.734. The van der Waals surface area contributed by atoms with Gasteiger partial charge >= 0.3 is 6.09 Å². The maximum atomic E-state index is 12.0. The lowest BCUT2D eigenvalue weighted by Gasteiger charge is -2.48. The van der Waals surface area contributed by atoms with Crippen LogP contribution in [0.1, 0.15) is 40.3 Å². The Morgan fingerprint density at radius 1 is 1.41 bits per heavy atom. The molecule has 0 fully saturated rings. The van der Waals surface area contributed by atoms with Crippen molar-refractivity contribution in [1.82, 2.24) is 14.6 Å². The van der Waals surface area contributed by atoms with Crippen LogP contribution in [0.15, 0.2) is 12.3 Å². The van der Waals surface area contributed by atoms with Gasteiger partial charge in [-0.05, 0) is 18.1 Å². The topological polar surface area (TPSA) is 80.0 Å². The van der Waals surface area contributed by atoms with E-state index in [4.69, 9.17) is 16.0 Å². The molecule has 7 nitrogen and oxygen atoms in total. The molecule has 3 rings (SSSR count). The lowest BCUT2D eigenvalue weighted by Crippen LogP contribution is -2.57. The second-order valence-electron chi connectivity index (χ2n) is 9.21. The fourth-order valence-corrected chi connectivity index (χ4v) is 4.85. The van der Waals surface area contributed by atoms with Crippen molar-refractivity contribution in [2.45, 2.75) is 64.3 Å². The average molecular weight is 411 g/mol. The molecule has 1 amide bonds. The zero-order chi connectivity index (χ0) is 20.4. The second kappa shape index (κ2) is 6.18. The van der Waals surface area contributed by atoms with Crippen LogP contribution in [0.3, 0.4) is 0 Å². The fraction of sp³-hybridized carbons (Fsp3) is 0.611. The number of carbonyl (C=O) groups is 1. The van der Waals surface area contributed by atoms with Crippen molar-refractivity contribution in [3.05, 3.63) is 23.1 Å². The Hall–Kier alpha value is -1.64. The number of nitrogens with zero attached hydrogens (tertiary/aromatic N) is 4. The predicted molar refractivity (Wildman–Crippen MR) is 108 cm³/mol. The van der Waals surface area contributed by atoms with E-state index in [1.807, 2.05) is 0 Å². The molecule has 1 atom stereocenters. The third-order valence-electron chi connectivity index (χ3n) is 5.96. The van der Waals surface area contributed by atoms with E-state index in [2.05, 4.69) is 57.8 Å². The second-order valence-corrected chi connectivity index (χ2v) is 14.4. The van der Waals surface area contributed by atoms with Crippen LogP contribution in [-0.2, 0) is 9.84 Å². The SMILES string of the molecule is CC1(C)c2c(cnc3cc(Cl)nn23)N(C(=O)O)CC1O[Si](C)(C)C(C)(C)C. The van der Waals surface area contributed by atoms with Gasteiger partial charge in [0.15, 0.2) is 19.1 Å². The lowest BCUT2D eigenvalue weighted by molar-refractivity contribution is 0.102. The molecule has 1 aliphatic heterocycles. The molecule has 0 bridgehead atoms. The van der Waals surface area contributed by atoms with E-state index in [1.54, 1.807) is 16.8 Å². The van der Waals surface area contributed by atoms with Gasteiger partial charge in [0.25, 0.3) is 0 Å². The highest BCUT2D eigenvalue weighted by Gasteiger charge is 2.49. The highest BCUT2D eigenvalue weighted by molar-refractivity contribution is 6.74. The van der Waals surface area contributed by atoms with Crippen molar-refractivity contribution >= 4 is 37.3 Å². The summed E-state index contributed by atoms with van der Waals surface area (Å²) in [6.45, 7) is 15.3. The normalized spacial score (nSPS) is 20.0. The van der Waals surface area contributed by atoms with E-state index in [9.17, 15) is 9.90 Å². The van der Waals surface area contributed by atoms with E-state index in [1.165, 1.54) is 4.90 Å². The average Bonchev–Trinajstić information content (AvgIpc) is 2.87. The number of anilines is 1. The van der Waals surface area contributed by atoms with Crippen molar-refractivity contribution in [2.75, 3.05) is 11.4 Å². The third-order valence-corrected chi connectivity index (χ3v) is 10.6. The standard InChI is InChI=1S/C18H27ClN4O3Si/c1-17(2,3)27(6,7)26-12-10-22(16(24)25)11-9-20-14-8-13(19)21-23(14)15(11)18(12,4)5/h8-9,12H,10H2,1-7H3,(H,24,25). The first-order valence-corrected chi connectivity index (χ1v) is 12.3. The van der Waals surface area contributed by atoms with E-state index in [0.717, 1.165) is 5.69 Å². The van der Waals surface area contributed by atoms with Gasteiger partial charge in [-0.2, -0.15) is 5.10 Å². The smallest absolute Gasteiger partial charge is 0.412 e. The maximum absolute atomic E-state index is 12.0. The van der Waals surface area contributed by atoms with Crippen molar-refractivity contribution in [3.8, 4) is 0 Å². The number of hydrogen-bond donors (Lipinski definition) is 1. The largest absolute Gasteiger partial charge is 0.465 e. The highest BCUT2D eigenvalue weighted by atomic mass is 35.5. The summed E-state index contributed by atoms with van der Waals surface area (Å²) in [5, 5.41) is 14.5. The molecule has 0 aliphatic carbocycles. The van der Waals surface area contributed by atoms with E-state index >= 15 is 0 Å². The minimum atomic E-state index is -2.12. The van der Waals surface area contributed by atoms with Gasteiger partial charge in [-0.1, -0.05) is 46.2 Å². The summed E-state index contributed by atoms with van der Waals surface area (Å²) in [5.74, 6) is 0. The monoisotopic (exact) mass is 410 g/mol. The summed E-state index contributed by atoms with van der Waals surface area (Å²) in [6.07, 6.45) is 0.242. The molecular weight excluding hydrogens is 384 g/mol. The Balaban J connectivity index is 2.19. The number of fused-ring (bicyclic) bond motifs is 3. The van der Waals surface area contributed by atoms with Gasteiger partial charge in [-0.25, -0.2) is 14.3 Å². The van der Waals surface area contributed by atoms with Crippen LogP contribution >= 0.6 is 11.6 Å². The molecule has 0 saturated heterocycles. The number of rotatable bonds is 2. The molecule has 27 heavy (non-hydrogen) atoms. The molecule has 9 heteroatoms. The number of aromatic nitrogens is 3. The molecular formula is C18H27ClN4O3Si. The van der Waals surface area contributed by atoms with Crippen molar-refractivity contribution in [3.63, 3.8) is 0 Å². The van der Waals surface area contributed by atoms with Crippen LogP contribution in [0.25, 0.3) is 5.65 Å². The van der Waals surface area contributed by atoms with Crippen LogP contribution in [0, 0.1) is 0 Å². The van der Waals surface area contributed by atoms with E-state index < -0.39 is 19.8 Å². The van der Waals surface area contributed by atoms with E-state index in [0.29, 0.717) is 16.5 Å². The zero-order valence-corrected chi connectivity index (χ0v) is 18.6. The molecule has 2 aromatic rings.